The second-order valence-electron chi connectivity index (χ2n) is 8.47. The van der Waals surface area contributed by atoms with Gasteiger partial charge in [0.25, 0.3) is 5.56 Å². The number of aryl methyl sites for hydroxylation is 1. The molecule has 1 aliphatic heterocycles. The molecule has 5 rings (SSSR count). The van der Waals surface area contributed by atoms with Gasteiger partial charge in [0, 0.05) is 17.9 Å². The third kappa shape index (κ3) is 4.53. The first-order valence-electron chi connectivity index (χ1n) is 11.4. The maximum Gasteiger partial charge on any atom is 0.257 e. The molecule has 0 spiro atoms. The van der Waals surface area contributed by atoms with Crippen LogP contribution in [0.3, 0.4) is 0 Å². The third-order valence-electron chi connectivity index (χ3n) is 6.23. The van der Waals surface area contributed by atoms with Crippen molar-refractivity contribution in [3.63, 3.8) is 0 Å². The van der Waals surface area contributed by atoms with Gasteiger partial charge in [-0.3, -0.25) is 9.59 Å². The number of carbonyl (C=O) groups excluding carboxylic acids is 1. The summed E-state index contributed by atoms with van der Waals surface area (Å²) in [5, 5.41) is 2.77. The van der Waals surface area contributed by atoms with E-state index in [2.05, 4.69) is 15.3 Å². The van der Waals surface area contributed by atoms with Crippen molar-refractivity contribution < 1.29 is 14.3 Å². The topological polar surface area (TPSA) is 93.3 Å². The number of aromatic amines is 1. The van der Waals surface area contributed by atoms with E-state index in [-0.39, 0.29) is 23.7 Å². The Hall–Kier alpha value is -4.39. The van der Waals surface area contributed by atoms with Gasteiger partial charge in [-0.25, -0.2) is 4.98 Å². The zero-order valence-corrected chi connectivity index (χ0v) is 19.5. The van der Waals surface area contributed by atoms with Gasteiger partial charge >= 0.3 is 0 Å². The molecular formula is C28H25N3O4. The van der Waals surface area contributed by atoms with Crippen LogP contribution in [0.5, 0.6) is 11.5 Å². The highest BCUT2D eigenvalue weighted by molar-refractivity contribution is 5.94. The van der Waals surface area contributed by atoms with E-state index in [1.165, 1.54) is 0 Å². The van der Waals surface area contributed by atoms with Crippen molar-refractivity contribution in [2.75, 3.05) is 12.4 Å². The quantitative estimate of drug-likeness (QED) is 0.425. The molecule has 1 aliphatic rings. The van der Waals surface area contributed by atoms with E-state index in [1.807, 2.05) is 79.7 Å². The minimum absolute atomic E-state index is 0.134. The van der Waals surface area contributed by atoms with Crippen LogP contribution < -0.4 is 20.3 Å². The highest BCUT2D eigenvalue weighted by Gasteiger charge is 2.31. The molecule has 1 amide bonds. The molecule has 0 saturated carbocycles. The van der Waals surface area contributed by atoms with Crippen LogP contribution in [0.4, 0.5) is 5.82 Å². The summed E-state index contributed by atoms with van der Waals surface area (Å²) < 4.78 is 11.6. The number of ether oxygens (including phenoxy) is 2. The van der Waals surface area contributed by atoms with Crippen molar-refractivity contribution in [3.8, 4) is 22.9 Å². The summed E-state index contributed by atoms with van der Waals surface area (Å²) in [4.78, 5) is 33.2. The zero-order valence-electron chi connectivity index (χ0n) is 19.5. The van der Waals surface area contributed by atoms with E-state index in [1.54, 1.807) is 7.11 Å². The summed E-state index contributed by atoms with van der Waals surface area (Å²) in [5.41, 5.74) is 3.93. The summed E-state index contributed by atoms with van der Waals surface area (Å²) in [5.74, 6) is 1.17. The van der Waals surface area contributed by atoms with Gasteiger partial charge in [0.1, 0.15) is 18.2 Å². The maximum atomic E-state index is 13.2. The molecule has 3 aromatic carbocycles. The minimum atomic E-state index is -0.459. The number of methoxy groups -OCH3 is 1. The standard InChI is InChI=1S/C28H25N3O4/c1-17-8-6-7-11-20(17)16-35-22-13-12-19(14-23(22)34-2)21-15-24(32)29-27-25(21)28(33)31-26(30-27)18-9-4-3-5-10-18/h3-14,21H,15-16H2,1-2H3,(H2,29,30,31,32,33)/t21-/m1/s1. The molecule has 176 valence electrons. The number of hydrogen-bond donors (Lipinski definition) is 2. The second kappa shape index (κ2) is 9.46. The second-order valence-corrected chi connectivity index (χ2v) is 8.47. The molecule has 7 nitrogen and oxygen atoms in total. The number of aromatic nitrogens is 2. The highest BCUT2D eigenvalue weighted by Crippen LogP contribution is 2.38. The lowest BCUT2D eigenvalue weighted by atomic mass is 9.86. The molecule has 0 fully saturated rings. The van der Waals surface area contributed by atoms with Crippen LogP contribution in [0.2, 0.25) is 0 Å². The van der Waals surface area contributed by atoms with Crippen LogP contribution in [0, 0.1) is 6.92 Å². The molecule has 0 aliphatic carbocycles. The molecule has 0 bridgehead atoms. The molecule has 0 radical (unpaired) electrons. The maximum absolute atomic E-state index is 13.2. The van der Waals surface area contributed by atoms with Gasteiger partial charge in [0.2, 0.25) is 5.91 Å². The lowest BCUT2D eigenvalue weighted by Gasteiger charge is -2.25. The number of nitrogens with zero attached hydrogens (tertiary/aromatic N) is 1. The molecule has 1 aromatic heterocycles. The summed E-state index contributed by atoms with van der Waals surface area (Å²) >= 11 is 0. The Balaban J connectivity index is 1.48. The third-order valence-corrected chi connectivity index (χ3v) is 6.23. The largest absolute Gasteiger partial charge is 0.493 e. The van der Waals surface area contributed by atoms with Gasteiger partial charge in [0.15, 0.2) is 11.5 Å². The van der Waals surface area contributed by atoms with E-state index in [0.29, 0.717) is 29.5 Å². The van der Waals surface area contributed by atoms with Crippen molar-refractivity contribution >= 4 is 11.7 Å². The van der Waals surface area contributed by atoms with Crippen LogP contribution in [-0.4, -0.2) is 23.0 Å². The van der Waals surface area contributed by atoms with E-state index in [4.69, 9.17) is 9.47 Å². The molecule has 1 atom stereocenters. The Morgan fingerprint density at radius 1 is 0.971 bits per heavy atom. The Morgan fingerprint density at radius 2 is 1.74 bits per heavy atom. The number of H-pyrrole nitrogens is 1. The molecule has 4 aromatic rings. The van der Waals surface area contributed by atoms with Gasteiger partial charge in [-0.15, -0.1) is 0 Å². The highest BCUT2D eigenvalue weighted by atomic mass is 16.5. The first-order chi connectivity index (χ1) is 17.0. The normalized spacial score (nSPS) is 14.7. The number of anilines is 1. The predicted molar refractivity (Wildman–Crippen MR) is 134 cm³/mol. The van der Waals surface area contributed by atoms with Gasteiger partial charge in [-0.1, -0.05) is 60.7 Å². The number of hydrogen-bond acceptors (Lipinski definition) is 5. The van der Waals surface area contributed by atoms with Crippen LogP contribution in [0.15, 0.2) is 77.6 Å². The molecule has 0 unspecified atom stereocenters. The molecule has 35 heavy (non-hydrogen) atoms. The molecule has 2 N–H and O–H groups in total. The summed E-state index contributed by atoms with van der Waals surface area (Å²) in [6.45, 7) is 2.45. The van der Waals surface area contributed by atoms with Crippen LogP contribution in [0.25, 0.3) is 11.4 Å². The zero-order chi connectivity index (χ0) is 24.4. The molecular weight excluding hydrogens is 442 g/mol. The molecule has 2 heterocycles. The van der Waals surface area contributed by atoms with E-state index >= 15 is 0 Å². The Labute approximate surface area is 202 Å². The van der Waals surface area contributed by atoms with Crippen LogP contribution in [0.1, 0.15) is 34.6 Å². The molecule has 7 heteroatoms. The molecule has 0 saturated heterocycles. The Kier molecular flexibility index (Phi) is 6.06. The Bertz CT molecular complexity index is 1450. The number of fused-ring (bicyclic) bond motifs is 1. The summed E-state index contributed by atoms with van der Waals surface area (Å²) in [6.07, 6.45) is 0.134. The minimum Gasteiger partial charge on any atom is -0.493 e. The fourth-order valence-electron chi connectivity index (χ4n) is 4.34. The van der Waals surface area contributed by atoms with E-state index in [9.17, 15) is 9.59 Å². The number of benzene rings is 3. The van der Waals surface area contributed by atoms with E-state index in [0.717, 1.165) is 22.3 Å². The van der Waals surface area contributed by atoms with Crippen molar-refractivity contribution in [2.24, 2.45) is 0 Å². The first-order valence-corrected chi connectivity index (χ1v) is 11.4. The van der Waals surface area contributed by atoms with Crippen molar-refractivity contribution in [2.45, 2.75) is 25.9 Å². The van der Waals surface area contributed by atoms with Gasteiger partial charge in [-0.05, 0) is 35.7 Å². The van der Waals surface area contributed by atoms with E-state index < -0.39 is 5.92 Å². The van der Waals surface area contributed by atoms with Gasteiger partial charge < -0.3 is 19.8 Å². The fourth-order valence-corrected chi connectivity index (χ4v) is 4.34. The van der Waals surface area contributed by atoms with Crippen molar-refractivity contribution in [3.05, 3.63) is 105 Å². The average molecular weight is 468 g/mol. The number of amides is 1. The predicted octanol–water partition coefficient (Wildman–Crippen LogP) is 4.81. The monoisotopic (exact) mass is 467 g/mol. The average Bonchev–Trinajstić information content (AvgIpc) is 2.88. The number of nitrogens with one attached hydrogen (secondary N) is 2. The van der Waals surface area contributed by atoms with Gasteiger partial charge in [0.05, 0.1) is 12.7 Å². The summed E-state index contributed by atoms with van der Waals surface area (Å²) in [6, 6.07) is 22.9. The fraction of sp³-hybridized carbons (Fsp3) is 0.179. The van der Waals surface area contributed by atoms with Crippen molar-refractivity contribution in [1.29, 1.82) is 0 Å². The lowest BCUT2D eigenvalue weighted by molar-refractivity contribution is -0.116. The number of carbonyl (C=O) groups is 1. The Morgan fingerprint density at radius 3 is 2.51 bits per heavy atom. The first kappa shape index (κ1) is 22.4. The summed E-state index contributed by atoms with van der Waals surface area (Å²) in [7, 11) is 1.57. The number of rotatable bonds is 6. The van der Waals surface area contributed by atoms with Crippen molar-refractivity contribution in [1.82, 2.24) is 9.97 Å². The van der Waals surface area contributed by atoms with Crippen LogP contribution >= 0.6 is 0 Å². The van der Waals surface area contributed by atoms with Gasteiger partial charge in [-0.2, -0.15) is 0 Å². The smallest absolute Gasteiger partial charge is 0.257 e. The van der Waals surface area contributed by atoms with Crippen LogP contribution in [-0.2, 0) is 11.4 Å². The SMILES string of the molecule is COc1cc([C@H]2CC(=O)Nc3nc(-c4ccccc4)[nH]c(=O)c32)ccc1OCc1ccccc1C. The lowest BCUT2D eigenvalue weighted by Crippen LogP contribution is -2.31.